The second-order valence-corrected chi connectivity index (χ2v) is 8.32. The Bertz CT molecular complexity index is 1130. The Balaban J connectivity index is 1.99. The molecule has 2 aromatic rings. The van der Waals surface area contributed by atoms with E-state index in [2.05, 4.69) is 15.6 Å². The van der Waals surface area contributed by atoms with E-state index in [1.54, 1.807) is 37.3 Å². The van der Waals surface area contributed by atoms with Gasteiger partial charge in [0.25, 0.3) is 5.69 Å². The molecule has 2 amide bonds. The van der Waals surface area contributed by atoms with E-state index in [1.165, 1.54) is 18.0 Å². The molecule has 1 heterocycles. The maximum atomic E-state index is 12.5. The lowest BCUT2D eigenvalue weighted by atomic mass is 9.86. The average molecular weight is 454 g/mol. The first-order valence-electron chi connectivity index (χ1n) is 10.1. The number of rotatable bonds is 6. The van der Waals surface area contributed by atoms with Gasteiger partial charge in [-0.3, -0.25) is 19.8 Å². The number of hydrogen-bond acceptors (Lipinski definition) is 6. The van der Waals surface area contributed by atoms with Crippen LogP contribution in [0.15, 0.2) is 47.5 Å². The van der Waals surface area contributed by atoms with Gasteiger partial charge in [0.2, 0.25) is 11.9 Å². The molecule has 0 aromatic heterocycles. The predicted octanol–water partition coefficient (Wildman–Crippen LogP) is 3.10. The standard InChI is InChI=1S/C22H26N6O5/c1-22(12-18(29)27(4)20(25-22)24-21(30)31)15-8-6-9-16(11-15)23-19-14(13-26(2)3)7-5-10-17(19)28(32)33/h5-11,23H,12-13H2,1-4H3,(H,24,25)(H,30,31)/t22-/m0/s1. The molecule has 11 heteroatoms. The van der Waals surface area contributed by atoms with E-state index in [4.69, 9.17) is 5.11 Å². The van der Waals surface area contributed by atoms with E-state index in [-0.39, 0.29) is 24.0 Å². The summed E-state index contributed by atoms with van der Waals surface area (Å²) in [5.41, 5.74) is 1.46. The predicted molar refractivity (Wildman–Crippen MR) is 124 cm³/mol. The smallest absolute Gasteiger partial charge is 0.434 e. The lowest BCUT2D eigenvalue weighted by molar-refractivity contribution is -0.384. The molecule has 3 rings (SSSR count). The Kier molecular flexibility index (Phi) is 6.63. The SMILES string of the molecule is CN(C)Cc1cccc([N+](=O)[O-])c1Nc1cccc([C@]2(C)CC(=O)N(C)/C(=N/C(=O)O)N2)c1. The summed E-state index contributed by atoms with van der Waals surface area (Å²) >= 11 is 0. The van der Waals surface area contributed by atoms with Gasteiger partial charge in [-0.2, -0.15) is 0 Å². The minimum atomic E-state index is -1.42. The second kappa shape index (κ2) is 9.25. The number of nitrogens with zero attached hydrogens (tertiary/aromatic N) is 4. The normalized spacial score (nSPS) is 19.5. The first-order valence-corrected chi connectivity index (χ1v) is 10.1. The van der Waals surface area contributed by atoms with Gasteiger partial charge in [-0.05, 0) is 44.3 Å². The van der Waals surface area contributed by atoms with E-state index < -0.39 is 16.6 Å². The molecule has 0 saturated carbocycles. The van der Waals surface area contributed by atoms with Crippen LogP contribution in [0.25, 0.3) is 0 Å². The van der Waals surface area contributed by atoms with E-state index in [0.717, 1.165) is 5.56 Å². The zero-order valence-corrected chi connectivity index (χ0v) is 18.8. The first kappa shape index (κ1) is 23.7. The Morgan fingerprint density at radius 3 is 2.67 bits per heavy atom. The van der Waals surface area contributed by atoms with Gasteiger partial charge >= 0.3 is 6.09 Å². The fourth-order valence-electron chi connectivity index (χ4n) is 3.72. The third kappa shape index (κ3) is 5.26. The number of benzene rings is 2. The van der Waals surface area contributed by atoms with Gasteiger partial charge in [-0.1, -0.05) is 24.3 Å². The van der Waals surface area contributed by atoms with Gasteiger partial charge in [0.05, 0.1) is 16.9 Å². The highest BCUT2D eigenvalue weighted by Crippen LogP contribution is 2.35. The van der Waals surface area contributed by atoms with Crippen molar-refractivity contribution in [1.82, 2.24) is 15.1 Å². The molecule has 1 aliphatic heterocycles. The number of aliphatic imine (C=N–C) groups is 1. The van der Waals surface area contributed by atoms with Gasteiger partial charge in [0, 0.05) is 25.3 Å². The molecule has 11 nitrogen and oxygen atoms in total. The molecule has 1 fully saturated rings. The third-order valence-corrected chi connectivity index (χ3v) is 5.37. The van der Waals surface area contributed by atoms with Gasteiger partial charge in [0.1, 0.15) is 5.69 Å². The van der Waals surface area contributed by atoms with Gasteiger partial charge < -0.3 is 20.6 Å². The highest BCUT2D eigenvalue weighted by atomic mass is 16.6. The maximum Gasteiger partial charge on any atom is 0.434 e. The molecule has 174 valence electrons. The largest absolute Gasteiger partial charge is 0.463 e. The number of nitro benzene ring substituents is 1. The fraction of sp³-hybridized carbons (Fsp3) is 0.318. The summed E-state index contributed by atoms with van der Waals surface area (Å²) in [6.45, 7) is 2.27. The van der Waals surface area contributed by atoms with Crippen LogP contribution in [-0.4, -0.2) is 58.9 Å². The molecule has 0 bridgehead atoms. The summed E-state index contributed by atoms with van der Waals surface area (Å²) in [4.78, 5) is 41.4. The molecule has 0 aliphatic carbocycles. The van der Waals surface area contributed by atoms with Gasteiger partial charge in [0.15, 0.2) is 0 Å². The van der Waals surface area contributed by atoms with Gasteiger partial charge in [-0.15, -0.1) is 4.99 Å². The summed E-state index contributed by atoms with van der Waals surface area (Å²) in [5.74, 6) is -0.354. The Hall–Kier alpha value is -3.99. The van der Waals surface area contributed by atoms with Crippen LogP contribution in [0.5, 0.6) is 0 Å². The van der Waals surface area contributed by atoms with Crippen molar-refractivity contribution in [2.75, 3.05) is 26.5 Å². The number of guanidine groups is 1. The number of hydrogen-bond donors (Lipinski definition) is 3. The van der Waals surface area contributed by atoms with Crippen LogP contribution in [0.3, 0.4) is 0 Å². The lowest BCUT2D eigenvalue weighted by Gasteiger charge is -2.40. The fourth-order valence-corrected chi connectivity index (χ4v) is 3.72. The second-order valence-electron chi connectivity index (χ2n) is 8.32. The van der Waals surface area contributed by atoms with Crippen molar-refractivity contribution in [3.8, 4) is 0 Å². The van der Waals surface area contributed by atoms with E-state index in [1.807, 2.05) is 25.1 Å². The van der Waals surface area contributed by atoms with Crippen LogP contribution in [0.4, 0.5) is 21.9 Å². The Morgan fingerprint density at radius 2 is 2.03 bits per heavy atom. The number of carboxylic acid groups (broad SMARTS) is 1. The third-order valence-electron chi connectivity index (χ3n) is 5.37. The topological polar surface area (TPSA) is 140 Å². The molecule has 0 radical (unpaired) electrons. The number of nitro groups is 1. The van der Waals surface area contributed by atoms with Crippen LogP contribution >= 0.6 is 0 Å². The molecule has 0 unspecified atom stereocenters. The van der Waals surface area contributed by atoms with E-state index in [9.17, 15) is 19.7 Å². The molecule has 1 atom stereocenters. The maximum absolute atomic E-state index is 12.5. The van der Waals surface area contributed by atoms with Crippen LogP contribution in [0, 0.1) is 10.1 Å². The summed E-state index contributed by atoms with van der Waals surface area (Å²) in [6.07, 6.45) is -1.34. The number of para-hydroxylation sites is 1. The average Bonchev–Trinajstić information content (AvgIpc) is 2.72. The summed E-state index contributed by atoms with van der Waals surface area (Å²) in [7, 11) is 5.21. The minimum Gasteiger partial charge on any atom is -0.463 e. The summed E-state index contributed by atoms with van der Waals surface area (Å²) < 4.78 is 0. The number of amides is 2. The molecule has 1 saturated heterocycles. The van der Waals surface area contributed by atoms with Crippen molar-refractivity contribution in [3.63, 3.8) is 0 Å². The van der Waals surface area contributed by atoms with Crippen LogP contribution in [-0.2, 0) is 16.9 Å². The monoisotopic (exact) mass is 454 g/mol. The number of carbonyl (C=O) groups is 2. The summed E-state index contributed by atoms with van der Waals surface area (Å²) in [5, 5.41) is 26.9. The molecule has 33 heavy (non-hydrogen) atoms. The minimum absolute atomic E-state index is 0.0468. The highest BCUT2D eigenvalue weighted by molar-refractivity contribution is 6.03. The Labute approximate surface area is 190 Å². The van der Waals surface area contributed by atoms with Crippen molar-refractivity contribution < 1.29 is 19.6 Å². The van der Waals surface area contributed by atoms with Gasteiger partial charge in [-0.25, -0.2) is 4.79 Å². The molecular weight excluding hydrogens is 428 g/mol. The zero-order valence-electron chi connectivity index (χ0n) is 18.8. The van der Waals surface area contributed by atoms with Crippen molar-refractivity contribution in [2.45, 2.75) is 25.4 Å². The number of nitrogens with one attached hydrogen (secondary N) is 2. The Morgan fingerprint density at radius 1 is 1.33 bits per heavy atom. The molecule has 2 aromatic carbocycles. The van der Waals surface area contributed by atoms with Crippen molar-refractivity contribution in [1.29, 1.82) is 0 Å². The quantitative estimate of drug-likeness (QED) is 0.447. The van der Waals surface area contributed by atoms with Crippen LogP contribution < -0.4 is 10.6 Å². The van der Waals surface area contributed by atoms with Crippen molar-refractivity contribution in [3.05, 3.63) is 63.7 Å². The van der Waals surface area contributed by atoms with E-state index >= 15 is 0 Å². The van der Waals surface area contributed by atoms with Crippen LogP contribution in [0.2, 0.25) is 0 Å². The lowest BCUT2D eigenvalue weighted by Crippen LogP contribution is -2.58. The molecule has 0 spiro atoms. The zero-order chi connectivity index (χ0) is 24.3. The van der Waals surface area contributed by atoms with Crippen molar-refractivity contribution >= 4 is 35.0 Å². The molecule has 1 aliphatic rings. The molecular formula is C22H26N6O5. The molecule has 3 N–H and O–H groups in total. The summed E-state index contributed by atoms with van der Waals surface area (Å²) in [6, 6.07) is 12.0. The number of carbonyl (C=O) groups excluding carboxylic acids is 1. The number of anilines is 2. The first-order chi connectivity index (χ1) is 15.5. The van der Waals surface area contributed by atoms with Crippen LogP contribution in [0.1, 0.15) is 24.5 Å². The highest BCUT2D eigenvalue weighted by Gasteiger charge is 2.39. The van der Waals surface area contributed by atoms with Crippen molar-refractivity contribution in [2.24, 2.45) is 4.99 Å². The van der Waals surface area contributed by atoms with E-state index in [0.29, 0.717) is 23.5 Å².